The van der Waals surface area contributed by atoms with Crippen molar-refractivity contribution in [2.75, 3.05) is 33.3 Å². The average Bonchev–Trinajstić information content (AvgIpc) is 2.58. The highest BCUT2D eigenvalue weighted by atomic mass is 16.6. The lowest BCUT2D eigenvalue weighted by Crippen LogP contribution is -2.55. The first-order valence-corrected chi connectivity index (χ1v) is 10.6. The molecule has 0 aromatic rings. The van der Waals surface area contributed by atoms with Crippen LogP contribution in [0.5, 0.6) is 0 Å². The molecule has 0 saturated carbocycles. The van der Waals surface area contributed by atoms with Crippen molar-refractivity contribution < 1.29 is 33.4 Å². The van der Waals surface area contributed by atoms with Crippen molar-refractivity contribution in [1.82, 2.24) is 20.9 Å². The van der Waals surface area contributed by atoms with Gasteiger partial charge >= 0.3 is 18.2 Å². The second kappa shape index (κ2) is 13.1. The van der Waals surface area contributed by atoms with Gasteiger partial charge in [0.25, 0.3) is 0 Å². The number of rotatable bonds is 5. The number of amides is 3. The molecule has 0 radical (unpaired) electrons. The minimum atomic E-state index is -0.520. The Bertz CT molecular complexity index is 641. The Kier molecular flexibility index (Phi) is 12.0. The van der Waals surface area contributed by atoms with Crippen LogP contribution in [-0.4, -0.2) is 85.5 Å². The SMILES string of the molecule is COC(=O)CNC[C@H](C)NC(=O)OC(C)(C)C.C[C@H]1CN(C(=O)OC(C)(C)C)CC(=O)N1. The minimum absolute atomic E-state index is 0.0150. The summed E-state index contributed by atoms with van der Waals surface area (Å²) in [7, 11) is 1.33. The van der Waals surface area contributed by atoms with Gasteiger partial charge in [0, 0.05) is 25.2 Å². The maximum Gasteiger partial charge on any atom is 0.410 e. The normalized spacial score (nSPS) is 17.2. The molecule has 0 bridgehead atoms. The van der Waals surface area contributed by atoms with Gasteiger partial charge in [-0.05, 0) is 55.4 Å². The molecule has 3 amide bonds. The minimum Gasteiger partial charge on any atom is -0.468 e. The third-order valence-electron chi connectivity index (χ3n) is 3.60. The molecule has 186 valence electrons. The maximum absolute atomic E-state index is 11.6. The van der Waals surface area contributed by atoms with Crippen LogP contribution in [0.3, 0.4) is 0 Å². The number of methoxy groups -OCH3 is 1. The Balaban J connectivity index is 0.000000604. The number of piperazine rings is 1. The average molecular weight is 461 g/mol. The van der Waals surface area contributed by atoms with E-state index in [4.69, 9.17) is 9.47 Å². The Morgan fingerprint density at radius 1 is 1.12 bits per heavy atom. The van der Waals surface area contributed by atoms with E-state index in [0.29, 0.717) is 13.1 Å². The van der Waals surface area contributed by atoms with Crippen LogP contribution in [0, 0.1) is 0 Å². The Labute approximate surface area is 190 Å². The molecule has 11 nitrogen and oxygen atoms in total. The van der Waals surface area contributed by atoms with Gasteiger partial charge in [0.15, 0.2) is 0 Å². The number of nitrogens with zero attached hydrogens (tertiary/aromatic N) is 1. The Morgan fingerprint density at radius 3 is 2.16 bits per heavy atom. The van der Waals surface area contributed by atoms with Crippen LogP contribution < -0.4 is 16.0 Å². The van der Waals surface area contributed by atoms with Crippen LogP contribution in [0.15, 0.2) is 0 Å². The number of alkyl carbamates (subject to hydrolysis) is 1. The van der Waals surface area contributed by atoms with Crippen LogP contribution in [0.1, 0.15) is 55.4 Å². The first-order valence-electron chi connectivity index (χ1n) is 10.6. The van der Waals surface area contributed by atoms with Crippen LogP contribution in [0.4, 0.5) is 9.59 Å². The van der Waals surface area contributed by atoms with E-state index in [1.165, 1.54) is 12.0 Å². The molecule has 1 aliphatic rings. The standard InChI is InChI=1S/C11H22N2O4.C10H18N2O3/c1-8(6-12-7-9(14)16-5)13-10(15)17-11(2,3)4;1-7-5-12(6-8(13)11-7)9(14)15-10(2,3)4/h8,12H,6-7H2,1-5H3,(H,13,15);7H,5-6H2,1-4H3,(H,11,13)/t8-;7-/m00/s1. The Hall–Kier alpha value is -2.56. The number of hydrogen-bond donors (Lipinski definition) is 3. The van der Waals surface area contributed by atoms with Crippen molar-refractivity contribution in [2.45, 2.75) is 78.7 Å². The van der Waals surface area contributed by atoms with Gasteiger partial charge in [-0.2, -0.15) is 0 Å². The van der Waals surface area contributed by atoms with Crippen molar-refractivity contribution >= 4 is 24.1 Å². The highest BCUT2D eigenvalue weighted by Gasteiger charge is 2.29. The van der Waals surface area contributed by atoms with Gasteiger partial charge in [-0.15, -0.1) is 0 Å². The highest BCUT2D eigenvalue weighted by molar-refractivity contribution is 5.83. The summed E-state index contributed by atoms with van der Waals surface area (Å²) in [5.41, 5.74) is -1.03. The van der Waals surface area contributed by atoms with Crippen molar-refractivity contribution in [3.8, 4) is 0 Å². The van der Waals surface area contributed by atoms with Gasteiger partial charge < -0.3 is 30.2 Å². The van der Waals surface area contributed by atoms with Crippen LogP contribution in [0.25, 0.3) is 0 Å². The topological polar surface area (TPSA) is 135 Å². The molecule has 0 spiro atoms. The number of esters is 1. The largest absolute Gasteiger partial charge is 0.468 e. The molecule has 1 rings (SSSR count). The van der Waals surface area contributed by atoms with Gasteiger partial charge in [-0.1, -0.05) is 0 Å². The van der Waals surface area contributed by atoms with Gasteiger partial charge in [-0.3, -0.25) is 14.5 Å². The lowest BCUT2D eigenvalue weighted by molar-refractivity contribution is -0.139. The quantitative estimate of drug-likeness (QED) is 0.414. The first-order chi connectivity index (χ1) is 14.5. The summed E-state index contributed by atoms with van der Waals surface area (Å²) in [5, 5.41) is 8.25. The van der Waals surface area contributed by atoms with E-state index in [1.807, 2.05) is 13.8 Å². The monoisotopic (exact) mass is 460 g/mol. The summed E-state index contributed by atoms with van der Waals surface area (Å²) in [5.74, 6) is -0.478. The fourth-order valence-corrected chi connectivity index (χ4v) is 2.42. The molecule has 32 heavy (non-hydrogen) atoms. The van der Waals surface area contributed by atoms with Crippen molar-refractivity contribution in [2.24, 2.45) is 0 Å². The molecule has 0 aromatic heterocycles. The van der Waals surface area contributed by atoms with Crippen LogP contribution >= 0.6 is 0 Å². The number of nitrogens with one attached hydrogen (secondary N) is 3. The summed E-state index contributed by atoms with van der Waals surface area (Å²) in [4.78, 5) is 46.4. The second-order valence-corrected chi connectivity index (χ2v) is 9.58. The Morgan fingerprint density at radius 2 is 1.69 bits per heavy atom. The molecule has 11 heteroatoms. The van der Waals surface area contributed by atoms with Crippen molar-refractivity contribution in [1.29, 1.82) is 0 Å². The number of hydrogen-bond acceptors (Lipinski definition) is 8. The fourth-order valence-electron chi connectivity index (χ4n) is 2.42. The van der Waals surface area contributed by atoms with E-state index in [1.54, 1.807) is 41.5 Å². The van der Waals surface area contributed by atoms with Crippen LogP contribution in [0.2, 0.25) is 0 Å². The van der Waals surface area contributed by atoms with E-state index in [-0.39, 0.29) is 37.0 Å². The molecular formula is C21H40N4O7. The molecular weight excluding hydrogens is 420 g/mol. The number of carbonyl (C=O) groups excluding carboxylic acids is 4. The predicted octanol–water partition coefficient (Wildman–Crippen LogP) is 1.40. The smallest absolute Gasteiger partial charge is 0.410 e. The van der Waals surface area contributed by atoms with E-state index < -0.39 is 23.4 Å². The fraction of sp³-hybridized carbons (Fsp3) is 0.810. The predicted molar refractivity (Wildman–Crippen MR) is 119 cm³/mol. The summed E-state index contributed by atoms with van der Waals surface area (Å²) in [6, 6.07) is -0.145. The molecule has 1 aliphatic heterocycles. The highest BCUT2D eigenvalue weighted by Crippen LogP contribution is 2.11. The maximum atomic E-state index is 11.6. The van der Waals surface area contributed by atoms with Gasteiger partial charge in [0.1, 0.15) is 17.7 Å². The second-order valence-electron chi connectivity index (χ2n) is 9.58. The lowest BCUT2D eigenvalue weighted by atomic mass is 10.2. The summed E-state index contributed by atoms with van der Waals surface area (Å²) in [6.45, 7) is 15.6. The van der Waals surface area contributed by atoms with E-state index in [2.05, 4.69) is 20.7 Å². The van der Waals surface area contributed by atoms with Gasteiger partial charge in [0.2, 0.25) is 5.91 Å². The summed E-state index contributed by atoms with van der Waals surface area (Å²) >= 11 is 0. The number of carbonyl (C=O) groups is 4. The molecule has 0 aliphatic carbocycles. The third-order valence-corrected chi connectivity index (χ3v) is 3.60. The van der Waals surface area contributed by atoms with Gasteiger partial charge in [-0.25, -0.2) is 9.59 Å². The third kappa shape index (κ3) is 15.3. The van der Waals surface area contributed by atoms with Crippen molar-refractivity contribution in [3.63, 3.8) is 0 Å². The van der Waals surface area contributed by atoms with Gasteiger partial charge in [0.05, 0.1) is 13.7 Å². The molecule has 1 heterocycles. The number of ether oxygens (including phenoxy) is 3. The summed E-state index contributed by atoms with van der Waals surface area (Å²) in [6.07, 6.45) is -0.894. The zero-order valence-corrected chi connectivity index (χ0v) is 20.8. The zero-order valence-electron chi connectivity index (χ0n) is 20.8. The molecule has 2 atom stereocenters. The van der Waals surface area contributed by atoms with E-state index >= 15 is 0 Å². The van der Waals surface area contributed by atoms with E-state index in [9.17, 15) is 19.2 Å². The molecule has 1 fully saturated rings. The molecule has 0 unspecified atom stereocenters. The van der Waals surface area contributed by atoms with E-state index in [0.717, 1.165) is 0 Å². The molecule has 1 saturated heterocycles. The molecule has 3 N–H and O–H groups in total. The summed E-state index contributed by atoms with van der Waals surface area (Å²) < 4.78 is 14.7. The van der Waals surface area contributed by atoms with Crippen molar-refractivity contribution in [3.05, 3.63) is 0 Å². The van der Waals surface area contributed by atoms with Crippen LogP contribution in [-0.2, 0) is 23.8 Å². The molecule has 0 aromatic carbocycles. The lowest BCUT2D eigenvalue weighted by Gasteiger charge is -2.32. The first kappa shape index (κ1) is 29.4. The zero-order chi connectivity index (χ0) is 25.1.